The molecule has 3 aromatic rings. The summed E-state index contributed by atoms with van der Waals surface area (Å²) >= 11 is 0. The van der Waals surface area contributed by atoms with Gasteiger partial charge in [-0.05, 0) is 44.0 Å². The molecule has 1 saturated heterocycles. The highest BCUT2D eigenvalue weighted by Gasteiger charge is 2.33. The lowest BCUT2D eigenvalue weighted by molar-refractivity contribution is 0.265. The standard InChI is InChI=1S/C19H20N4O3S/c1-14-4-6-17(7-5-14)27(24,25)23-12-2-3-16(13-23)19-21-18(22-26-19)15-8-10-20-11-9-15/h4-11,16H,2-3,12-13H2,1H3/t16-/m1/s1. The zero-order chi connectivity index (χ0) is 18.9. The summed E-state index contributed by atoms with van der Waals surface area (Å²) in [7, 11) is -3.53. The Bertz CT molecular complexity index is 1020. The van der Waals surface area contributed by atoms with Crippen LogP contribution < -0.4 is 0 Å². The molecule has 0 amide bonds. The second kappa shape index (κ2) is 7.21. The van der Waals surface area contributed by atoms with Crippen LogP contribution in [0.15, 0.2) is 58.2 Å². The minimum Gasteiger partial charge on any atom is -0.339 e. The van der Waals surface area contributed by atoms with Crippen molar-refractivity contribution in [3.63, 3.8) is 0 Å². The second-order valence-corrected chi connectivity index (χ2v) is 8.65. The maximum absolute atomic E-state index is 13.0. The van der Waals surface area contributed by atoms with E-state index in [-0.39, 0.29) is 5.92 Å². The van der Waals surface area contributed by atoms with Gasteiger partial charge < -0.3 is 4.52 Å². The smallest absolute Gasteiger partial charge is 0.243 e. The van der Waals surface area contributed by atoms with Crippen LogP contribution in [0.1, 0.15) is 30.2 Å². The van der Waals surface area contributed by atoms with Crippen molar-refractivity contribution >= 4 is 10.0 Å². The fourth-order valence-corrected chi connectivity index (χ4v) is 4.76. The van der Waals surface area contributed by atoms with Gasteiger partial charge in [0.1, 0.15) is 0 Å². The fraction of sp³-hybridized carbons (Fsp3) is 0.316. The third-order valence-corrected chi connectivity index (χ3v) is 6.65. The molecule has 0 saturated carbocycles. The highest BCUT2D eigenvalue weighted by Crippen LogP contribution is 2.30. The number of hydrogen-bond donors (Lipinski definition) is 0. The predicted octanol–water partition coefficient (Wildman–Crippen LogP) is 3.01. The Morgan fingerprint density at radius 2 is 1.85 bits per heavy atom. The summed E-state index contributed by atoms with van der Waals surface area (Å²) in [6.07, 6.45) is 4.91. The Morgan fingerprint density at radius 3 is 2.59 bits per heavy atom. The number of piperidine rings is 1. The number of aromatic nitrogens is 3. The molecule has 4 rings (SSSR count). The number of pyridine rings is 1. The van der Waals surface area contributed by atoms with E-state index >= 15 is 0 Å². The van der Waals surface area contributed by atoms with E-state index in [0.717, 1.165) is 24.0 Å². The van der Waals surface area contributed by atoms with E-state index in [4.69, 9.17) is 4.52 Å². The van der Waals surface area contributed by atoms with Crippen LogP contribution in [-0.4, -0.2) is 40.9 Å². The Kier molecular flexibility index (Phi) is 4.75. The first-order valence-electron chi connectivity index (χ1n) is 8.85. The quantitative estimate of drug-likeness (QED) is 0.687. The van der Waals surface area contributed by atoms with Crippen molar-refractivity contribution < 1.29 is 12.9 Å². The molecular formula is C19H20N4O3S. The van der Waals surface area contributed by atoms with Crippen LogP contribution in [0.3, 0.4) is 0 Å². The molecule has 1 aliphatic heterocycles. The van der Waals surface area contributed by atoms with Gasteiger partial charge in [-0.3, -0.25) is 4.98 Å². The highest BCUT2D eigenvalue weighted by atomic mass is 32.2. The number of rotatable bonds is 4. The molecule has 1 aliphatic rings. The van der Waals surface area contributed by atoms with Crippen LogP contribution in [0.4, 0.5) is 0 Å². The summed E-state index contributed by atoms with van der Waals surface area (Å²) in [6.45, 7) is 2.77. The fourth-order valence-electron chi connectivity index (χ4n) is 3.24. The maximum Gasteiger partial charge on any atom is 0.243 e. The molecule has 0 N–H and O–H groups in total. The minimum atomic E-state index is -3.53. The van der Waals surface area contributed by atoms with Gasteiger partial charge in [-0.1, -0.05) is 22.9 Å². The van der Waals surface area contributed by atoms with Crippen molar-refractivity contribution in [3.05, 3.63) is 60.2 Å². The molecule has 1 aromatic carbocycles. The lowest BCUT2D eigenvalue weighted by atomic mass is 10.00. The van der Waals surface area contributed by atoms with E-state index in [0.29, 0.717) is 29.7 Å². The number of sulfonamides is 1. The molecule has 0 aliphatic carbocycles. The van der Waals surface area contributed by atoms with Crippen molar-refractivity contribution in [1.82, 2.24) is 19.4 Å². The van der Waals surface area contributed by atoms with E-state index in [1.807, 2.05) is 31.2 Å². The summed E-state index contributed by atoms with van der Waals surface area (Å²) in [5.74, 6) is 0.860. The maximum atomic E-state index is 13.0. The van der Waals surface area contributed by atoms with Gasteiger partial charge in [-0.2, -0.15) is 9.29 Å². The van der Waals surface area contributed by atoms with E-state index in [2.05, 4.69) is 15.1 Å². The predicted molar refractivity (Wildman–Crippen MR) is 99.4 cm³/mol. The van der Waals surface area contributed by atoms with Crippen LogP contribution in [0.2, 0.25) is 0 Å². The molecule has 2 aromatic heterocycles. The summed E-state index contributed by atoms with van der Waals surface area (Å²) in [5.41, 5.74) is 1.85. The van der Waals surface area contributed by atoms with Gasteiger partial charge in [0.2, 0.25) is 21.7 Å². The lowest BCUT2D eigenvalue weighted by Gasteiger charge is -2.30. The monoisotopic (exact) mass is 384 g/mol. The zero-order valence-electron chi connectivity index (χ0n) is 14.9. The average molecular weight is 384 g/mol. The summed E-state index contributed by atoms with van der Waals surface area (Å²) in [4.78, 5) is 8.77. The number of nitrogens with zero attached hydrogens (tertiary/aromatic N) is 4. The summed E-state index contributed by atoms with van der Waals surface area (Å²) in [5, 5.41) is 4.03. The number of benzene rings is 1. The SMILES string of the molecule is Cc1ccc(S(=O)(=O)N2CCC[C@@H](c3nc(-c4ccncc4)no3)C2)cc1. The molecule has 0 radical (unpaired) electrons. The molecule has 1 atom stereocenters. The topological polar surface area (TPSA) is 89.2 Å². The van der Waals surface area contributed by atoms with E-state index in [1.165, 1.54) is 4.31 Å². The Balaban J connectivity index is 1.55. The molecular weight excluding hydrogens is 364 g/mol. The van der Waals surface area contributed by atoms with Crippen LogP contribution >= 0.6 is 0 Å². The first-order valence-corrected chi connectivity index (χ1v) is 10.3. The van der Waals surface area contributed by atoms with Crippen LogP contribution in [0.25, 0.3) is 11.4 Å². The van der Waals surface area contributed by atoms with Crippen molar-refractivity contribution in [1.29, 1.82) is 0 Å². The van der Waals surface area contributed by atoms with E-state index < -0.39 is 10.0 Å². The normalized spacial score (nSPS) is 18.5. The van der Waals surface area contributed by atoms with Gasteiger partial charge in [0, 0.05) is 31.0 Å². The molecule has 8 heteroatoms. The van der Waals surface area contributed by atoms with Crippen molar-refractivity contribution in [2.75, 3.05) is 13.1 Å². The Labute approximate surface area is 158 Å². The largest absolute Gasteiger partial charge is 0.339 e. The van der Waals surface area contributed by atoms with Gasteiger partial charge in [0.05, 0.1) is 10.8 Å². The molecule has 0 spiro atoms. The van der Waals surface area contributed by atoms with Gasteiger partial charge in [-0.15, -0.1) is 0 Å². The highest BCUT2D eigenvalue weighted by molar-refractivity contribution is 7.89. The van der Waals surface area contributed by atoms with Crippen LogP contribution in [-0.2, 0) is 10.0 Å². The van der Waals surface area contributed by atoms with Crippen LogP contribution in [0.5, 0.6) is 0 Å². The van der Waals surface area contributed by atoms with Crippen LogP contribution in [0, 0.1) is 6.92 Å². The summed E-state index contributed by atoms with van der Waals surface area (Å²) < 4.78 is 32.9. The minimum absolute atomic E-state index is 0.109. The van der Waals surface area contributed by atoms with Crippen molar-refractivity contribution in [2.24, 2.45) is 0 Å². The second-order valence-electron chi connectivity index (χ2n) is 6.71. The molecule has 7 nitrogen and oxygen atoms in total. The van der Waals surface area contributed by atoms with Gasteiger partial charge in [-0.25, -0.2) is 8.42 Å². The van der Waals surface area contributed by atoms with Crippen molar-refractivity contribution in [2.45, 2.75) is 30.6 Å². The molecule has 27 heavy (non-hydrogen) atoms. The molecule has 1 fully saturated rings. The first-order chi connectivity index (χ1) is 13.0. The molecule has 3 heterocycles. The molecule has 0 unspecified atom stereocenters. The van der Waals surface area contributed by atoms with E-state index in [1.54, 1.807) is 24.5 Å². The Morgan fingerprint density at radius 1 is 1.11 bits per heavy atom. The van der Waals surface area contributed by atoms with E-state index in [9.17, 15) is 8.42 Å². The lowest BCUT2D eigenvalue weighted by Crippen LogP contribution is -2.39. The molecule has 140 valence electrons. The van der Waals surface area contributed by atoms with Gasteiger partial charge in [0.25, 0.3) is 0 Å². The van der Waals surface area contributed by atoms with Gasteiger partial charge in [0.15, 0.2) is 0 Å². The Hall–Kier alpha value is -2.58. The first kappa shape index (κ1) is 17.8. The van der Waals surface area contributed by atoms with Gasteiger partial charge >= 0.3 is 0 Å². The number of hydrogen-bond acceptors (Lipinski definition) is 6. The number of aryl methyl sites for hydroxylation is 1. The molecule has 0 bridgehead atoms. The average Bonchev–Trinajstić information content (AvgIpc) is 3.19. The summed E-state index contributed by atoms with van der Waals surface area (Å²) in [6, 6.07) is 10.6. The third-order valence-electron chi connectivity index (χ3n) is 4.77. The third kappa shape index (κ3) is 3.63. The van der Waals surface area contributed by atoms with Crippen molar-refractivity contribution in [3.8, 4) is 11.4 Å². The zero-order valence-corrected chi connectivity index (χ0v) is 15.8.